The van der Waals surface area contributed by atoms with Crippen molar-refractivity contribution in [2.75, 3.05) is 0 Å². The Labute approximate surface area is 133 Å². The van der Waals surface area contributed by atoms with E-state index in [0.29, 0.717) is 5.52 Å². The van der Waals surface area contributed by atoms with E-state index in [1.807, 2.05) is 25.3 Å². The minimum Gasteiger partial charge on any atom is -0.344 e. The molecule has 4 heteroatoms. The first-order chi connectivity index (χ1) is 10.9. The van der Waals surface area contributed by atoms with E-state index in [2.05, 4.69) is 0 Å². The molecule has 118 valence electrons. The van der Waals surface area contributed by atoms with Crippen molar-refractivity contribution in [3.63, 3.8) is 0 Å². The van der Waals surface area contributed by atoms with E-state index < -0.39 is 11.6 Å². The molecule has 0 fully saturated rings. The summed E-state index contributed by atoms with van der Waals surface area (Å²) in [7, 11) is 0. The number of fused-ring (bicyclic) bond motifs is 1. The molecule has 0 amide bonds. The SMILES string of the molecule is Cc1ccc(F)c(-c2cn(C(C)C)c3ccc(F)cc3c2=O)c1. The lowest BCUT2D eigenvalue weighted by molar-refractivity contribution is 0.611. The fraction of sp³-hybridized carbons (Fsp3) is 0.211. The van der Waals surface area contributed by atoms with Gasteiger partial charge in [0.05, 0.1) is 5.52 Å². The quantitative estimate of drug-likeness (QED) is 0.664. The third-order valence-corrected chi connectivity index (χ3v) is 3.96. The average molecular weight is 313 g/mol. The van der Waals surface area contributed by atoms with E-state index in [0.717, 1.165) is 5.56 Å². The predicted molar refractivity (Wildman–Crippen MR) is 88.7 cm³/mol. The highest BCUT2D eigenvalue weighted by molar-refractivity contribution is 5.84. The number of hydrogen-bond acceptors (Lipinski definition) is 1. The fourth-order valence-corrected chi connectivity index (χ4v) is 2.79. The molecular formula is C19H17F2NO. The van der Waals surface area contributed by atoms with Crippen LogP contribution in [0.5, 0.6) is 0 Å². The second-order valence-electron chi connectivity index (χ2n) is 6.02. The maximum Gasteiger partial charge on any atom is 0.197 e. The Kier molecular flexibility index (Phi) is 3.76. The third kappa shape index (κ3) is 2.65. The molecular weight excluding hydrogens is 296 g/mol. The highest BCUT2D eigenvalue weighted by atomic mass is 19.1. The molecule has 0 saturated heterocycles. The number of aryl methyl sites for hydroxylation is 1. The van der Waals surface area contributed by atoms with Crippen LogP contribution in [0.25, 0.3) is 22.0 Å². The van der Waals surface area contributed by atoms with Crippen molar-refractivity contribution < 1.29 is 8.78 Å². The summed E-state index contributed by atoms with van der Waals surface area (Å²) in [6.07, 6.45) is 1.66. The molecule has 1 aromatic heterocycles. The van der Waals surface area contributed by atoms with E-state index in [9.17, 15) is 13.6 Å². The highest BCUT2D eigenvalue weighted by Crippen LogP contribution is 2.26. The summed E-state index contributed by atoms with van der Waals surface area (Å²) in [4.78, 5) is 12.8. The molecule has 2 nitrogen and oxygen atoms in total. The summed E-state index contributed by atoms with van der Waals surface area (Å²) < 4.78 is 29.7. The molecule has 1 heterocycles. The summed E-state index contributed by atoms with van der Waals surface area (Å²) in [6.45, 7) is 5.76. The van der Waals surface area contributed by atoms with Gasteiger partial charge in [0.2, 0.25) is 0 Å². The molecule has 0 aliphatic heterocycles. The molecule has 0 aliphatic rings. The minimum atomic E-state index is -0.480. The normalized spacial score (nSPS) is 11.4. The van der Waals surface area contributed by atoms with Gasteiger partial charge >= 0.3 is 0 Å². The standard InChI is InChI=1S/C19H17F2NO/c1-11(2)22-10-16(14-8-12(3)4-6-17(14)21)19(23)15-9-13(20)5-7-18(15)22/h4-11H,1-3H3. The molecule has 3 rings (SSSR count). The molecule has 0 N–H and O–H groups in total. The molecule has 0 unspecified atom stereocenters. The van der Waals surface area contributed by atoms with E-state index in [1.54, 1.807) is 24.4 Å². The monoisotopic (exact) mass is 313 g/mol. The molecule has 0 bridgehead atoms. The lowest BCUT2D eigenvalue weighted by Gasteiger charge is -2.17. The van der Waals surface area contributed by atoms with Crippen LogP contribution in [-0.2, 0) is 0 Å². The zero-order valence-electron chi connectivity index (χ0n) is 13.2. The fourth-order valence-electron chi connectivity index (χ4n) is 2.79. The molecule has 0 atom stereocenters. The Morgan fingerprint density at radius 1 is 1.00 bits per heavy atom. The summed E-state index contributed by atoms with van der Waals surface area (Å²) in [5.41, 5.74) is 1.63. The van der Waals surface area contributed by atoms with E-state index in [-0.39, 0.29) is 28.0 Å². The van der Waals surface area contributed by atoms with Gasteiger partial charge in [-0.05, 0) is 51.1 Å². The summed E-state index contributed by atoms with van der Waals surface area (Å²) in [5.74, 6) is -0.939. The Morgan fingerprint density at radius 3 is 2.43 bits per heavy atom. The second-order valence-corrected chi connectivity index (χ2v) is 6.02. The molecule has 2 aromatic carbocycles. The van der Waals surface area contributed by atoms with Gasteiger partial charge in [0.15, 0.2) is 5.43 Å². The lowest BCUT2D eigenvalue weighted by Crippen LogP contribution is -2.14. The zero-order chi connectivity index (χ0) is 16.7. The first kappa shape index (κ1) is 15.4. The van der Waals surface area contributed by atoms with Crippen LogP contribution < -0.4 is 5.43 Å². The molecule has 0 spiro atoms. The smallest absolute Gasteiger partial charge is 0.197 e. The van der Waals surface area contributed by atoms with Gasteiger partial charge in [-0.3, -0.25) is 4.79 Å². The van der Waals surface area contributed by atoms with Crippen molar-refractivity contribution in [3.8, 4) is 11.1 Å². The van der Waals surface area contributed by atoms with Crippen molar-refractivity contribution in [1.29, 1.82) is 0 Å². The van der Waals surface area contributed by atoms with Crippen LogP contribution in [0, 0.1) is 18.6 Å². The van der Waals surface area contributed by atoms with Crippen LogP contribution in [0.15, 0.2) is 47.4 Å². The highest BCUT2D eigenvalue weighted by Gasteiger charge is 2.15. The van der Waals surface area contributed by atoms with E-state index >= 15 is 0 Å². The first-order valence-corrected chi connectivity index (χ1v) is 7.49. The Hall–Kier alpha value is -2.49. The van der Waals surface area contributed by atoms with Gasteiger partial charge in [0.25, 0.3) is 0 Å². The van der Waals surface area contributed by atoms with Crippen molar-refractivity contribution in [2.24, 2.45) is 0 Å². The second kappa shape index (κ2) is 5.61. The van der Waals surface area contributed by atoms with Crippen LogP contribution in [0.3, 0.4) is 0 Å². The maximum atomic E-state index is 14.2. The van der Waals surface area contributed by atoms with Gasteiger partial charge in [0.1, 0.15) is 11.6 Å². The molecule has 0 radical (unpaired) electrons. The summed E-state index contributed by atoms with van der Waals surface area (Å²) in [6, 6.07) is 8.82. The third-order valence-electron chi connectivity index (χ3n) is 3.96. The number of aromatic nitrogens is 1. The van der Waals surface area contributed by atoms with Crippen LogP contribution >= 0.6 is 0 Å². The number of nitrogens with zero attached hydrogens (tertiary/aromatic N) is 1. The molecule has 0 aliphatic carbocycles. The summed E-state index contributed by atoms with van der Waals surface area (Å²) in [5, 5.41) is 0.261. The zero-order valence-corrected chi connectivity index (χ0v) is 13.2. The van der Waals surface area contributed by atoms with Crippen molar-refractivity contribution in [2.45, 2.75) is 26.8 Å². The number of hydrogen-bond donors (Lipinski definition) is 0. The number of halogens is 2. The van der Waals surface area contributed by atoms with Crippen molar-refractivity contribution in [1.82, 2.24) is 4.57 Å². The van der Waals surface area contributed by atoms with Crippen molar-refractivity contribution in [3.05, 3.63) is 70.0 Å². The van der Waals surface area contributed by atoms with Gasteiger partial charge in [-0.2, -0.15) is 0 Å². The van der Waals surface area contributed by atoms with Crippen LogP contribution in [0.4, 0.5) is 8.78 Å². The minimum absolute atomic E-state index is 0.0511. The Bertz CT molecular complexity index is 957. The maximum absolute atomic E-state index is 14.2. The largest absolute Gasteiger partial charge is 0.344 e. The Morgan fingerprint density at radius 2 is 1.74 bits per heavy atom. The molecule has 23 heavy (non-hydrogen) atoms. The average Bonchev–Trinajstić information content (AvgIpc) is 2.50. The van der Waals surface area contributed by atoms with E-state index in [4.69, 9.17) is 0 Å². The number of benzene rings is 2. The molecule has 3 aromatic rings. The lowest BCUT2D eigenvalue weighted by atomic mass is 10.0. The van der Waals surface area contributed by atoms with Crippen LogP contribution in [-0.4, -0.2) is 4.57 Å². The topological polar surface area (TPSA) is 22.0 Å². The first-order valence-electron chi connectivity index (χ1n) is 7.49. The summed E-state index contributed by atoms with van der Waals surface area (Å²) >= 11 is 0. The van der Waals surface area contributed by atoms with E-state index in [1.165, 1.54) is 18.2 Å². The van der Waals surface area contributed by atoms with Crippen LogP contribution in [0.1, 0.15) is 25.5 Å². The van der Waals surface area contributed by atoms with Gasteiger partial charge in [-0.25, -0.2) is 8.78 Å². The predicted octanol–water partition coefficient (Wildman–Crippen LogP) is 4.84. The van der Waals surface area contributed by atoms with Crippen LogP contribution in [0.2, 0.25) is 0 Å². The number of rotatable bonds is 2. The number of pyridine rings is 1. The molecule has 0 saturated carbocycles. The van der Waals surface area contributed by atoms with Gasteiger partial charge in [-0.1, -0.05) is 11.6 Å². The van der Waals surface area contributed by atoms with Gasteiger partial charge in [-0.15, -0.1) is 0 Å². The van der Waals surface area contributed by atoms with Gasteiger partial charge < -0.3 is 4.57 Å². The van der Waals surface area contributed by atoms with Gasteiger partial charge in [0, 0.05) is 28.8 Å². The Balaban J connectivity index is 2.44. The van der Waals surface area contributed by atoms with Crippen molar-refractivity contribution >= 4 is 10.9 Å².